The fourth-order valence-electron chi connectivity index (χ4n) is 11.5. The first kappa shape index (κ1) is 135. The number of hydrogen-bond donors (Lipinski definition) is 3. The van der Waals surface area contributed by atoms with E-state index in [4.69, 9.17) is 210 Å². The van der Waals surface area contributed by atoms with Gasteiger partial charge in [-0.05, 0) is 69.2 Å². The van der Waals surface area contributed by atoms with Crippen molar-refractivity contribution in [2.45, 2.75) is 360 Å². The quantitative estimate of drug-likeness (QED) is 0.0376. The van der Waals surface area contributed by atoms with Gasteiger partial charge in [-0.15, -0.1) is 81.2 Å². The molecule has 0 amide bonds. The monoisotopic (exact) mass is 2050 g/mol. The Morgan fingerprint density at radius 2 is 0.341 bits per heavy atom. The minimum Gasteiger partial charge on any atom is -0.394 e. The van der Waals surface area contributed by atoms with Crippen molar-refractivity contribution in [2.24, 2.45) is 0 Å². The molecule has 0 bridgehead atoms. The molecule has 5 aliphatic carbocycles. The Balaban J connectivity index is 0. The van der Waals surface area contributed by atoms with Gasteiger partial charge in [-0.25, -0.2) is 0 Å². The molecule has 27 nitrogen and oxygen atoms in total. The maximum absolute atomic E-state index is 8.73. The van der Waals surface area contributed by atoms with Crippen molar-refractivity contribution in [3.05, 3.63) is 0 Å². The van der Waals surface area contributed by atoms with Gasteiger partial charge < -0.3 is 129 Å². The van der Waals surface area contributed by atoms with E-state index in [1.165, 1.54) is 193 Å². The molecule has 8 heterocycles. The average molecular weight is 2050 g/mol. The van der Waals surface area contributed by atoms with Crippen LogP contribution in [0.4, 0.5) is 0 Å². The highest BCUT2D eigenvalue weighted by atomic mass is 35.5. The standard InChI is InChI=1S/C11H20Cl2O4.4C8H15ClO3.5C6H12.C5H11ClO2.C5H12O3.3C5H10O2/c1-2-14-5-9(3-12)15-6-10(4-13)16-7-11-8-17-11;4*1-2-10-4-7(3-9)11-5-8-6-12-8;5*1-2-4-6-5-3-1;2*1-2-8-4-5(7)3-6;3*1-2-6-3-5-4-7-5/h9-11H,2-8H2,1H3;4*7-8H,2-6H2,1H3;5*1-6H2;5,7H,2-4H2,1H3;5-7H,2-4H2,1H3;3*5H,2-4H2,1H3. The molecule has 0 aromatic rings. The van der Waals surface area contributed by atoms with Crippen LogP contribution in [0.1, 0.15) is 262 Å². The molecule has 8 saturated heterocycles. The van der Waals surface area contributed by atoms with Gasteiger partial charge in [0.1, 0.15) is 54.9 Å². The molecule has 0 aromatic heterocycles. The molecule has 5 saturated carbocycles. The lowest BCUT2D eigenvalue weighted by Gasteiger charge is -2.19. The van der Waals surface area contributed by atoms with Crippen LogP contribution in [-0.4, -0.2) is 385 Å². The highest BCUT2D eigenvalue weighted by Crippen LogP contribution is 2.21. The van der Waals surface area contributed by atoms with Crippen LogP contribution >= 0.6 is 81.2 Å². The third kappa shape index (κ3) is 111. The molecule has 796 valence electrons. The number of ether oxygens (including phenoxy) is 24. The SMILES string of the molecule is C1CCCCC1.C1CCCCC1.C1CCCCC1.C1CCCCC1.C1CCCCC1.CCOCC(CCl)OCC(CCl)OCC1CO1.CCOCC(CCl)OCC1CO1.CCOCC(CCl)OCC1CO1.CCOCC(CCl)OCC1CO1.CCOCC(CCl)OCC1CO1.CCOCC(O)CCl.CCOCC(O)CO.CCOCC1CO1.CCOCC1CO1.CCOCC1CO1. The van der Waals surface area contributed by atoms with Crippen molar-refractivity contribution >= 4 is 81.2 Å². The van der Waals surface area contributed by atoms with Crippen LogP contribution in [0.25, 0.3) is 0 Å². The number of halogens is 7. The topological polar surface area (TPSA) is 309 Å². The Hall–Kier alpha value is 0.950. The van der Waals surface area contributed by atoms with Crippen molar-refractivity contribution in [3.63, 3.8) is 0 Å². The van der Waals surface area contributed by atoms with E-state index in [1.54, 1.807) is 0 Å². The first-order valence-corrected chi connectivity index (χ1v) is 54.7. The molecule has 0 spiro atoms. The highest BCUT2D eigenvalue weighted by Gasteiger charge is 2.29. The largest absolute Gasteiger partial charge is 0.394 e. The van der Waals surface area contributed by atoms with Crippen LogP contribution in [0.3, 0.4) is 0 Å². The fourth-order valence-corrected chi connectivity index (χ4v) is 12.7. The fraction of sp³-hybridized carbons (Fsp3) is 1.00. The van der Waals surface area contributed by atoms with Gasteiger partial charge in [0.25, 0.3) is 0 Å². The second kappa shape index (κ2) is 108. The third-order valence-electron chi connectivity index (χ3n) is 20.3. The minimum atomic E-state index is -0.713. The Morgan fingerprint density at radius 1 is 0.197 bits per heavy atom. The molecular formula is C98H193Cl7O27. The first-order chi connectivity index (χ1) is 64.7. The predicted molar refractivity (Wildman–Crippen MR) is 534 cm³/mol. The number of hydrogen-bond acceptors (Lipinski definition) is 27. The van der Waals surface area contributed by atoms with Crippen molar-refractivity contribution in [1.82, 2.24) is 0 Å². The maximum Gasteiger partial charge on any atom is 0.104 e. The molecule has 34 heteroatoms. The van der Waals surface area contributed by atoms with Crippen molar-refractivity contribution in [1.29, 1.82) is 0 Å². The van der Waals surface area contributed by atoms with E-state index in [-0.39, 0.29) is 61.8 Å². The van der Waals surface area contributed by atoms with Crippen LogP contribution in [0.15, 0.2) is 0 Å². The van der Waals surface area contributed by atoms with E-state index in [0.29, 0.717) is 204 Å². The summed E-state index contributed by atoms with van der Waals surface area (Å²) >= 11 is 39.5. The lowest BCUT2D eigenvalue weighted by molar-refractivity contribution is -0.0553. The second-order valence-corrected chi connectivity index (χ2v) is 35.3. The van der Waals surface area contributed by atoms with Crippen LogP contribution in [-0.2, 0) is 114 Å². The van der Waals surface area contributed by atoms with Gasteiger partial charge in [-0.1, -0.05) is 193 Å². The molecular weight excluding hydrogens is 1860 g/mol. The Bertz CT molecular complexity index is 1860. The van der Waals surface area contributed by atoms with Gasteiger partial charge in [-0.2, -0.15) is 0 Å². The summed E-state index contributed by atoms with van der Waals surface area (Å²) in [4.78, 5) is 0. The number of aliphatic hydroxyl groups excluding tert-OH is 3. The Labute approximate surface area is 836 Å². The summed E-state index contributed by atoms with van der Waals surface area (Å²) in [5, 5.41) is 25.6. The summed E-state index contributed by atoms with van der Waals surface area (Å²) in [5.41, 5.74) is 0. The molecule has 16 unspecified atom stereocenters. The molecule has 13 rings (SSSR count). The highest BCUT2D eigenvalue weighted by molar-refractivity contribution is 6.19. The molecule has 132 heavy (non-hydrogen) atoms. The predicted octanol–water partition coefficient (Wildman–Crippen LogP) is 18.8. The van der Waals surface area contributed by atoms with Crippen LogP contribution < -0.4 is 0 Å². The van der Waals surface area contributed by atoms with Crippen molar-refractivity contribution < 1.29 is 129 Å². The molecule has 3 N–H and O–H groups in total. The van der Waals surface area contributed by atoms with E-state index >= 15 is 0 Å². The Morgan fingerprint density at radius 3 is 0.485 bits per heavy atom. The van der Waals surface area contributed by atoms with Gasteiger partial charge >= 0.3 is 0 Å². The minimum absolute atomic E-state index is 0.0100. The molecule has 13 aliphatic rings. The molecule has 8 aliphatic heterocycles. The van der Waals surface area contributed by atoms with Gasteiger partial charge in [-0.3, -0.25) is 0 Å². The summed E-state index contributed by atoms with van der Waals surface area (Å²) in [6.07, 6.45) is 46.3. The van der Waals surface area contributed by atoms with Crippen LogP contribution in [0, 0.1) is 0 Å². The summed E-state index contributed by atoms with van der Waals surface area (Å²) in [6.45, 7) is 42.4. The summed E-state index contributed by atoms with van der Waals surface area (Å²) in [7, 11) is 0. The lowest BCUT2D eigenvalue weighted by Crippen LogP contribution is -2.30. The smallest absolute Gasteiger partial charge is 0.104 e. The van der Waals surface area contributed by atoms with Crippen LogP contribution in [0.2, 0.25) is 0 Å². The van der Waals surface area contributed by atoms with Gasteiger partial charge in [0, 0.05) is 66.1 Å². The number of epoxide rings is 8. The van der Waals surface area contributed by atoms with Crippen LogP contribution in [0.5, 0.6) is 0 Å². The first-order valence-electron chi connectivity index (χ1n) is 51.0. The summed E-state index contributed by atoms with van der Waals surface area (Å²) in [5.74, 6) is 2.97. The van der Waals surface area contributed by atoms with Gasteiger partial charge in [0.15, 0.2) is 0 Å². The summed E-state index contributed by atoms with van der Waals surface area (Å²) in [6, 6.07) is 0. The summed E-state index contributed by atoms with van der Waals surface area (Å²) < 4.78 is 123. The van der Waals surface area contributed by atoms with E-state index in [1.807, 2.05) is 69.2 Å². The van der Waals surface area contributed by atoms with E-state index < -0.39 is 12.2 Å². The van der Waals surface area contributed by atoms with Crippen molar-refractivity contribution in [2.75, 3.05) is 272 Å². The van der Waals surface area contributed by atoms with Crippen molar-refractivity contribution in [3.8, 4) is 0 Å². The third-order valence-corrected chi connectivity index (χ3v) is 22.8. The number of rotatable bonds is 56. The number of aliphatic hydroxyl groups is 3. The Kier molecular flexibility index (Phi) is 110. The van der Waals surface area contributed by atoms with E-state index in [9.17, 15) is 0 Å². The normalized spacial score (nSPS) is 23.2. The zero-order chi connectivity index (χ0) is 97.1. The maximum atomic E-state index is 8.73. The van der Waals surface area contributed by atoms with E-state index in [0.717, 1.165) is 92.5 Å². The zero-order valence-corrected chi connectivity index (χ0v) is 89.2. The van der Waals surface area contributed by atoms with E-state index in [2.05, 4.69) is 0 Å². The molecule has 0 aromatic carbocycles. The number of alkyl halides is 7. The second-order valence-electron chi connectivity index (χ2n) is 33.1. The lowest BCUT2D eigenvalue weighted by atomic mass is 10.0. The molecule has 0 radical (unpaired) electrons. The molecule has 13 fully saturated rings. The zero-order valence-electron chi connectivity index (χ0n) is 83.9. The average Bonchev–Trinajstić information content (AvgIpc) is 1.79. The molecule has 16 atom stereocenters. The van der Waals surface area contributed by atoms with Gasteiger partial charge in [0.2, 0.25) is 0 Å². The van der Waals surface area contributed by atoms with Gasteiger partial charge in [0.05, 0.1) is 249 Å².